The van der Waals surface area contributed by atoms with Gasteiger partial charge in [0.25, 0.3) is 11.2 Å². The minimum absolute atomic E-state index is 0.0120. The lowest BCUT2D eigenvalue weighted by atomic mass is 9.62. The molecule has 0 radical (unpaired) electrons. The number of rotatable bonds is 1. The third kappa shape index (κ3) is 2.49. The Morgan fingerprint density at radius 3 is 2.61 bits per heavy atom. The molecule has 1 atom stereocenters. The van der Waals surface area contributed by atoms with Crippen molar-refractivity contribution in [2.24, 2.45) is 5.41 Å². The summed E-state index contributed by atoms with van der Waals surface area (Å²) in [7, 11) is 0. The van der Waals surface area contributed by atoms with Gasteiger partial charge in [0, 0.05) is 36.2 Å². The van der Waals surface area contributed by atoms with E-state index >= 15 is 0 Å². The first-order chi connectivity index (χ1) is 14.5. The first kappa shape index (κ1) is 19.4. The van der Waals surface area contributed by atoms with Crippen LogP contribution in [0.1, 0.15) is 37.8 Å². The van der Waals surface area contributed by atoms with Crippen LogP contribution in [0.5, 0.6) is 5.88 Å². The van der Waals surface area contributed by atoms with Gasteiger partial charge in [-0.2, -0.15) is 0 Å². The molecule has 5 rings (SSSR count). The lowest BCUT2D eigenvalue weighted by Crippen LogP contribution is -2.50. The van der Waals surface area contributed by atoms with Gasteiger partial charge in [-0.25, -0.2) is 0 Å². The predicted octanol–water partition coefficient (Wildman–Crippen LogP) is 2.61. The lowest BCUT2D eigenvalue weighted by Gasteiger charge is -2.41. The minimum Gasteiger partial charge on any atom is -0.444 e. The average molecular weight is 440 g/mol. The number of aromatic amines is 2. The number of anilines is 1. The van der Waals surface area contributed by atoms with Gasteiger partial charge in [0.2, 0.25) is 11.8 Å². The Morgan fingerprint density at radius 2 is 1.90 bits per heavy atom. The van der Waals surface area contributed by atoms with Crippen molar-refractivity contribution >= 4 is 35.3 Å². The zero-order valence-corrected chi connectivity index (χ0v) is 17.3. The molecule has 0 saturated carbocycles. The number of nitrogens with zero attached hydrogens (tertiary/aromatic N) is 1. The molecule has 1 aromatic carbocycles. The molecule has 0 saturated heterocycles. The maximum Gasteiger partial charge on any atom is 0.269 e. The number of ether oxygens (including phenoxy) is 1. The molecule has 1 amide bonds. The fourth-order valence-electron chi connectivity index (χ4n) is 4.80. The van der Waals surface area contributed by atoms with Gasteiger partial charge in [-0.3, -0.25) is 29.5 Å². The number of nitrogens with one attached hydrogen (secondary N) is 3. The number of aromatic nitrogens is 2. The number of fused-ring (bicyclic) bond motifs is 5. The summed E-state index contributed by atoms with van der Waals surface area (Å²) < 4.78 is 5.92. The summed E-state index contributed by atoms with van der Waals surface area (Å²) in [5, 5.41) is 14.1. The quantitative estimate of drug-likeness (QED) is 0.351. The number of hydrogen-bond donors (Lipinski definition) is 3. The zero-order valence-electron chi connectivity index (χ0n) is 16.5. The number of non-ortho nitro benzene ring substituents is 1. The highest BCUT2D eigenvalue weighted by Gasteiger charge is 2.61. The minimum atomic E-state index is -1.88. The number of carbonyl (C=O) groups is 2. The van der Waals surface area contributed by atoms with E-state index in [0.717, 1.165) is 0 Å². The Hall–Kier alpha value is -3.60. The number of nitro benzene ring substituents is 1. The van der Waals surface area contributed by atoms with E-state index in [0.29, 0.717) is 6.42 Å². The predicted molar refractivity (Wildman–Crippen MR) is 110 cm³/mol. The van der Waals surface area contributed by atoms with E-state index in [1.807, 2.05) is 13.8 Å². The van der Waals surface area contributed by atoms with Crippen molar-refractivity contribution in [1.82, 2.24) is 9.97 Å². The van der Waals surface area contributed by atoms with Crippen LogP contribution in [0.4, 0.5) is 11.4 Å². The molecular formula is C20H16N4O6S. The smallest absolute Gasteiger partial charge is 0.269 e. The number of Topliss-reactive ketones (excluding diaryl/α,β-unsaturated/α-hetero) is 1. The summed E-state index contributed by atoms with van der Waals surface area (Å²) in [6.07, 6.45) is 0.463. The van der Waals surface area contributed by atoms with Crippen molar-refractivity contribution in [3.63, 3.8) is 0 Å². The Bertz CT molecular complexity index is 1380. The van der Waals surface area contributed by atoms with E-state index < -0.39 is 27.2 Å². The van der Waals surface area contributed by atoms with Gasteiger partial charge >= 0.3 is 0 Å². The van der Waals surface area contributed by atoms with Crippen LogP contribution in [-0.2, 0) is 15.0 Å². The second kappa shape index (κ2) is 5.97. The maximum atomic E-state index is 13.5. The van der Waals surface area contributed by atoms with Gasteiger partial charge in [0.15, 0.2) is 10.6 Å². The molecule has 3 aliphatic rings. The van der Waals surface area contributed by atoms with Crippen molar-refractivity contribution in [2.45, 2.75) is 32.1 Å². The van der Waals surface area contributed by atoms with Gasteiger partial charge in [-0.05, 0) is 23.7 Å². The van der Waals surface area contributed by atoms with E-state index in [4.69, 9.17) is 17.0 Å². The molecule has 1 aromatic heterocycles. The van der Waals surface area contributed by atoms with Gasteiger partial charge in [0.05, 0.1) is 10.5 Å². The molecule has 31 heavy (non-hydrogen) atoms. The summed E-state index contributed by atoms with van der Waals surface area (Å²) in [5.41, 5.74) is -2.97. The molecule has 1 spiro atoms. The first-order valence-corrected chi connectivity index (χ1v) is 9.87. The Labute approximate surface area is 179 Å². The number of hydrogen-bond acceptors (Lipinski definition) is 7. The highest BCUT2D eigenvalue weighted by Crippen LogP contribution is 2.56. The molecule has 3 N–H and O–H groups in total. The highest BCUT2D eigenvalue weighted by molar-refractivity contribution is 7.71. The Balaban J connectivity index is 1.95. The lowest BCUT2D eigenvalue weighted by molar-refractivity contribution is -0.384. The summed E-state index contributed by atoms with van der Waals surface area (Å²) in [5.74, 6) is -0.801. The van der Waals surface area contributed by atoms with Crippen LogP contribution in [0.15, 0.2) is 34.3 Å². The van der Waals surface area contributed by atoms with Crippen molar-refractivity contribution in [3.8, 4) is 5.88 Å². The SMILES string of the molecule is CC1(C)CC(=O)C2=C(C1)Oc1[nH]c(=S)[nH]c(=O)c1C21C(=O)Nc2ccc([N+](=O)[O-])cc21. The van der Waals surface area contributed by atoms with Crippen molar-refractivity contribution < 1.29 is 19.2 Å². The summed E-state index contributed by atoms with van der Waals surface area (Å²) >= 11 is 5.06. The Morgan fingerprint density at radius 1 is 1.16 bits per heavy atom. The van der Waals surface area contributed by atoms with E-state index in [1.165, 1.54) is 18.2 Å². The summed E-state index contributed by atoms with van der Waals surface area (Å²) in [4.78, 5) is 56.0. The van der Waals surface area contributed by atoms with Gasteiger partial charge in [-0.1, -0.05) is 13.8 Å². The third-order valence-corrected chi connectivity index (χ3v) is 6.13. The molecule has 1 aliphatic carbocycles. The van der Waals surface area contributed by atoms with Crippen LogP contribution in [-0.4, -0.2) is 26.6 Å². The number of nitro groups is 1. The van der Waals surface area contributed by atoms with Crippen molar-refractivity contribution in [1.29, 1.82) is 0 Å². The fourth-order valence-corrected chi connectivity index (χ4v) is 4.99. The Kier molecular flexibility index (Phi) is 3.73. The molecule has 1 unspecified atom stereocenters. The number of benzene rings is 1. The van der Waals surface area contributed by atoms with E-state index in [2.05, 4.69) is 15.3 Å². The molecular weight excluding hydrogens is 424 g/mol. The molecule has 158 valence electrons. The largest absolute Gasteiger partial charge is 0.444 e. The zero-order chi connectivity index (χ0) is 22.3. The summed E-state index contributed by atoms with van der Waals surface area (Å²) in [6, 6.07) is 3.87. The molecule has 0 fully saturated rings. The number of amides is 1. The number of ketones is 1. The highest BCUT2D eigenvalue weighted by atomic mass is 32.1. The monoisotopic (exact) mass is 440 g/mol. The van der Waals surface area contributed by atoms with Crippen LogP contribution >= 0.6 is 12.2 Å². The maximum absolute atomic E-state index is 13.5. The van der Waals surface area contributed by atoms with Crippen LogP contribution in [0, 0.1) is 20.3 Å². The van der Waals surface area contributed by atoms with Crippen molar-refractivity contribution in [2.75, 3.05) is 5.32 Å². The van der Waals surface area contributed by atoms with Crippen LogP contribution in [0.3, 0.4) is 0 Å². The molecule has 10 nitrogen and oxygen atoms in total. The standard InChI is InChI=1S/C20H16N4O6S/c1-19(2)6-11(25)13-12(7-19)30-16-14(15(26)22-18(31)23-16)20(13)9-5-8(24(28)29)3-4-10(9)21-17(20)27/h3-5H,6-7H2,1-2H3,(H,21,27)(H2,22,23,26,31). The van der Waals surface area contributed by atoms with E-state index in [9.17, 15) is 24.5 Å². The molecule has 0 bridgehead atoms. The van der Waals surface area contributed by atoms with Gasteiger partial charge in [0.1, 0.15) is 16.7 Å². The molecule has 3 heterocycles. The first-order valence-electron chi connectivity index (χ1n) is 9.47. The average Bonchev–Trinajstić information content (AvgIpc) is 2.91. The second-order valence-corrected chi connectivity index (χ2v) is 9.05. The molecule has 11 heteroatoms. The number of allylic oxidation sites excluding steroid dienone is 1. The van der Waals surface area contributed by atoms with Crippen LogP contribution in [0.2, 0.25) is 0 Å². The van der Waals surface area contributed by atoms with Gasteiger partial charge in [-0.15, -0.1) is 0 Å². The number of H-pyrrole nitrogens is 2. The normalized spacial score (nSPS) is 23.0. The second-order valence-electron chi connectivity index (χ2n) is 8.64. The molecule has 2 aliphatic heterocycles. The van der Waals surface area contributed by atoms with Gasteiger partial charge < -0.3 is 15.0 Å². The fraction of sp³-hybridized carbons (Fsp3) is 0.300. The van der Waals surface area contributed by atoms with Crippen molar-refractivity contribution in [3.05, 3.63) is 65.9 Å². The topological polar surface area (TPSA) is 147 Å². The van der Waals surface area contributed by atoms with Crippen LogP contribution in [0.25, 0.3) is 0 Å². The number of carbonyl (C=O) groups excluding carboxylic acids is 2. The van der Waals surface area contributed by atoms with E-state index in [1.54, 1.807) is 0 Å². The van der Waals surface area contributed by atoms with Crippen LogP contribution < -0.4 is 15.6 Å². The van der Waals surface area contributed by atoms with E-state index in [-0.39, 0.29) is 56.7 Å². The third-order valence-electron chi connectivity index (χ3n) is 5.93. The molecule has 2 aromatic rings. The summed E-state index contributed by atoms with van der Waals surface area (Å²) in [6.45, 7) is 3.79.